The molecular formula is C18H13ClF5NO5S. The van der Waals surface area contributed by atoms with E-state index in [1.807, 2.05) is 0 Å². The molecule has 0 spiro atoms. The van der Waals surface area contributed by atoms with Crippen LogP contribution in [0.2, 0.25) is 0 Å². The molecule has 0 bridgehead atoms. The number of rotatable bonds is 5. The summed E-state index contributed by atoms with van der Waals surface area (Å²) in [6.07, 6.45) is -10.5. The number of alkyl halides is 5. The van der Waals surface area contributed by atoms with Crippen LogP contribution in [0, 0.1) is 0 Å². The summed E-state index contributed by atoms with van der Waals surface area (Å²) >= 11 is 6.51. The Morgan fingerprint density at radius 3 is 2.55 bits per heavy atom. The van der Waals surface area contributed by atoms with Gasteiger partial charge in [0, 0.05) is 22.7 Å². The summed E-state index contributed by atoms with van der Waals surface area (Å²) in [4.78, 5) is 25.5. The summed E-state index contributed by atoms with van der Waals surface area (Å²) in [5.41, 5.74) is 0.419. The van der Waals surface area contributed by atoms with Gasteiger partial charge in [0.25, 0.3) is 5.91 Å². The van der Waals surface area contributed by atoms with Crippen LogP contribution in [-0.4, -0.2) is 45.3 Å². The second-order valence-corrected chi connectivity index (χ2v) is 7.90. The van der Waals surface area contributed by atoms with Crippen molar-refractivity contribution < 1.29 is 46.5 Å². The van der Waals surface area contributed by atoms with E-state index in [1.54, 1.807) is 0 Å². The Morgan fingerprint density at radius 2 is 1.97 bits per heavy atom. The normalized spacial score (nSPS) is 19.5. The Labute approximate surface area is 180 Å². The summed E-state index contributed by atoms with van der Waals surface area (Å²) in [5.74, 6) is -2.27. The molecule has 13 heteroatoms. The first-order valence-corrected chi connectivity index (χ1v) is 9.77. The maximum Gasteiger partial charge on any atom is 0.499 e. The molecule has 0 aromatic carbocycles. The average molecular weight is 486 g/mol. The first-order chi connectivity index (χ1) is 14.2. The van der Waals surface area contributed by atoms with Gasteiger partial charge in [-0.2, -0.15) is 22.0 Å². The van der Waals surface area contributed by atoms with Gasteiger partial charge in [-0.05, 0) is 25.0 Å². The topological polar surface area (TPSA) is 87.1 Å². The molecule has 1 aromatic heterocycles. The van der Waals surface area contributed by atoms with Crippen LogP contribution in [0.25, 0.3) is 0 Å². The van der Waals surface area contributed by atoms with E-state index in [0.717, 1.165) is 11.4 Å². The summed E-state index contributed by atoms with van der Waals surface area (Å²) in [6.45, 7) is 1.45. The fourth-order valence-corrected chi connectivity index (χ4v) is 4.41. The minimum absolute atomic E-state index is 0.0865. The second-order valence-electron chi connectivity index (χ2n) is 6.65. The minimum atomic E-state index is -5.94. The van der Waals surface area contributed by atoms with Crippen LogP contribution in [0.4, 0.5) is 22.0 Å². The van der Waals surface area contributed by atoms with Crippen molar-refractivity contribution in [3.63, 3.8) is 0 Å². The minimum Gasteiger partial charge on any atom is -0.507 e. The Hall–Kier alpha value is -2.60. The SMILES string of the molecule is CC1=C(CC(=O)O)C2=C(Cl)C(O)=CCC2N1C(=O)c1csc(OC(F)(F)C(F)(F)F)c1. The number of halogens is 6. The molecule has 2 N–H and O–H groups in total. The van der Waals surface area contributed by atoms with E-state index in [-0.39, 0.29) is 39.6 Å². The number of carbonyl (C=O) groups excluding carboxylic acids is 1. The number of carboxylic acid groups (broad SMARTS) is 1. The van der Waals surface area contributed by atoms with Crippen LogP contribution >= 0.6 is 22.9 Å². The molecule has 1 aliphatic carbocycles. The number of aliphatic hydroxyl groups is 1. The molecule has 0 fully saturated rings. The van der Waals surface area contributed by atoms with Gasteiger partial charge in [0.15, 0.2) is 5.06 Å². The number of ether oxygens (including phenoxy) is 1. The number of carbonyl (C=O) groups is 2. The van der Waals surface area contributed by atoms with E-state index in [9.17, 15) is 41.8 Å². The van der Waals surface area contributed by atoms with E-state index in [0.29, 0.717) is 11.3 Å². The average Bonchev–Trinajstić information content (AvgIpc) is 3.19. The van der Waals surface area contributed by atoms with E-state index >= 15 is 0 Å². The number of aliphatic hydroxyl groups excluding tert-OH is 1. The molecule has 1 amide bonds. The molecule has 2 heterocycles. The highest BCUT2D eigenvalue weighted by molar-refractivity contribution is 7.12. The van der Waals surface area contributed by atoms with E-state index in [2.05, 4.69) is 4.74 Å². The van der Waals surface area contributed by atoms with Crippen molar-refractivity contribution in [1.29, 1.82) is 0 Å². The molecular weight excluding hydrogens is 473 g/mol. The summed E-state index contributed by atoms with van der Waals surface area (Å²) in [5, 5.41) is 19.2. The number of aliphatic carboxylic acids is 1. The first kappa shape index (κ1) is 23.1. The van der Waals surface area contributed by atoms with Crippen LogP contribution < -0.4 is 4.74 Å². The number of nitrogens with zero attached hydrogens (tertiary/aromatic N) is 1. The Bertz CT molecular complexity index is 1040. The number of allylic oxidation sites excluding steroid dienone is 2. The van der Waals surface area contributed by atoms with Crippen molar-refractivity contribution in [2.45, 2.75) is 38.1 Å². The molecule has 1 aromatic rings. The van der Waals surface area contributed by atoms with Crippen LogP contribution in [-0.2, 0) is 4.79 Å². The number of thiophene rings is 1. The molecule has 1 atom stereocenters. The zero-order chi connectivity index (χ0) is 23.3. The fourth-order valence-electron chi connectivity index (χ4n) is 3.33. The van der Waals surface area contributed by atoms with Gasteiger partial charge in [0.1, 0.15) is 5.76 Å². The predicted molar refractivity (Wildman–Crippen MR) is 99.1 cm³/mol. The van der Waals surface area contributed by atoms with Gasteiger partial charge in [0.05, 0.1) is 23.1 Å². The van der Waals surface area contributed by atoms with Crippen molar-refractivity contribution in [3.05, 3.63) is 50.7 Å². The number of amides is 1. The van der Waals surface area contributed by atoms with Crippen molar-refractivity contribution in [3.8, 4) is 5.06 Å². The van der Waals surface area contributed by atoms with E-state index in [4.69, 9.17) is 11.6 Å². The lowest BCUT2D eigenvalue weighted by molar-refractivity contribution is -0.359. The van der Waals surface area contributed by atoms with Crippen molar-refractivity contribution in [1.82, 2.24) is 4.90 Å². The highest BCUT2D eigenvalue weighted by atomic mass is 35.5. The van der Waals surface area contributed by atoms with Crippen LogP contribution in [0.5, 0.6) is 5.06 Å². The number of fused-ring (bicyclic) bond motifs is 1. The molecule has 0 saturated heterocycles. The van der Waals surface area contributed by atoms with E-state index < -0.39 is 41.7 Å². The second kappa shape index (κ2) is 7.83. The third kappa shape index (κ3) is 4.13. The van der Waals surface area contributed by atoms with Crippen LogP contribution in [0.1, 0.15) is 30.1 Å². The number of hydrogen-bond donors (Lipinski definition) is 2. The molecule has 2 aliphatic rings. The van der Waals surface area contributed by atoms with Crippen LogP contribution in [0.3, 0.4) is 0 Å². The zero-order valence-corrected chi connectivity index (χ0v) is 17.0. The first-order valence-electron chi connectivity index (χ1n) is 8.51. The van der Waals surface area contributed by atoms with Gasteiger partial charge in [-0.1, -0.05) is 11.6 Å². The highest BCUT2D eigenvalue weighted by Crippen LogP contribution is 2.45. The Morgan fingerprint density at radius 1 is 1.32 bits per heavy atom. The Balaban J connectivity index is 1.95. The van der Waals surface area contributed by atoms with Crippen molar-refractivity contribution >= 4 is 34.8 Å². The lowest BCUT2D eigenvalue weighted by Gasteiger charge is -2.28. The molecule has 0 saturated carbocycles. The van der Waals surface area contributed by atoms with Gasteiger partial charge < -0.3 is 19.8 Å². The molecule has 0 radical (unpaired) electrons. The highest BCUT2D eigenvalue weighted by Gasteiger charge is 2.61. The standard InChI is InChI=1S/C18H13ClF5NO5S/c1-7-9(5-12(27)28)14-10(2-3-11(26)15(14)19)25(7)16(29)8-4-13(31-6-8)30-18(23,24)17(20,21)22/h3-4,6,10,26H,2,5H2,1H3,(H,27,28). The molecule has 3 rings (SSSR count). The molecule has 31 heavy (non-hydrogen) atoms. The lowest BCUT2D eigenvalue weighted by Crippen LogP contribution is -2.41. The third-order valence-electron chi connectivity index (χ3n) is 4.69. The molecule has 1 unspecified atom stereocenters. The number of carboxylic acids is 1. The maximum atomic E-state index is 13.1. The fraction of sp³-hybridized carbons (Fsp3) is 0.333. The summed E-state index contributed by atoms with van der Waals surface area (Å²) in [6, 6.07) is -0.0258. The third-order valence-corrected chi connectivity index (χ3v) is 5.89. The zero-order valence-electron chi connectivity index (χ0n) is 15.5. The van der Waals surface area contributed by atoms with Gasteiger partial charge in [-0.25, -0.2) is 0 Å². The maximum absolute atomic E-state index is 13.1. The van der Waals surface area contributed by atoms with Crippen LogP contribution in [0.15, 0.2) is 45.2 Å². The Kier molecular flexibility index (Phi) is 5.82. The summed E-state index contributed by atoms with van der Waals surface area (Å²) < 4.78 is 67.0. The largest absolute Gasteiger partial charge is 0.507 e. The molecule has 6 nitrogen and oxygen atoms in total. The number of hydrogen-bond acceptors (Lipinski definition) is 5. The van der Waals surface area contributed by atoms with Crippen molar-refractivity contribution in [2.75, 3.05) is 0 Å². The predicted octanol–water partition coefficient (Wildman–Crippen LogP) is 5.19. The van der Waals surface area contributed by atoms with Gasteiger partial charge in [0.2, 0.25) is 0 Å². The smallest absolute Gasteiger partial charge is 0.499 e. The van der Waals surface area contributed by atoms with Crippen molar-refractivity contribution in [2.24, 2.45) is 0 Å². The molecule has 168 valence electrons. The summed E-state index contributed by atoms with van der Waals surface area (Å²) in [7, 11) is 0. The van der Waals surface area contributed by atoms with E-state index in [1.165, 1.54) is 17.9 Å². The molecule has 1 aliphatic heterocycles. The van der Waals surface area contributed by atoms with Gasteiger partial charge in [-0.15, -0.1) is 11.3 Å². The lowest BCUT2D eigenvalue weighted by atomic mass is 9.92. The van der Waals surface area contributed by atoms with Gasteiger partial charge in [-0.3, -0.25) is 9.59 Å². The van der Waals surface area contributed by atoms with Gasteiger partial charge >= 0.3 is 18.3 Å². The quantitative estimate of drug-likeness (QED) is 0.560. The monoisotopic (exact) mass is 485 g/mol.